The minimum atomic E-state index is -2.11. The number of methoxy groups -OCH3 is 2. The molecule has 2 atom stereocenters. The third-order valence-corrected chi connectivity index (χ3v) is 4.46. The molecule has 25 heavy (non-hydrogen) atoms. The van der Waals surface area contributed by atoms with Gasteiger partial charge in [-0.25, -0.2) is 9.69 Å². The molecule has 1 saturated heterocycles. The highest BCUT2D eigenvalue weighted by Crippen LogP contribution is 2.44. The lowest BCUT2D eigenvalue weighted by Crippen LogP contribution is -2.60. The van der Waals surface area contributed by atoms with Crippen LogP contribution in [0.3, 0.4) is 0 Å². The third kappa shape index (κ3) is 2.31. The molecule has 9 nitrogen and oxygen atoms in total. The van der Waals surface area contributed by atoms with Crippen molar-refractivity contribution in [2.45, 2.75) is 18.4 Å². The van der Waals surface area contributed by atoms with E-state index < -0.39 is 24.0 Å². The highest BCUT2D eigenvalue weighted by Gasteiger charge is 2.56. The van der Waals surface area contributed by atoms with E-state index in [1.54, 1.807) is 0 Å². The number of ether oxygens (including phenoxy) is 2. The topological polar surface area (TPSA) is 120 Å². The standard InChI is InChI=1S/C16H18N2O7/c1-8-6-16(23)14(20)18(15(21)22)10-5-12(25-3)11(24-2)4-9(10)13(19)17(16)7-8/h4-5,14,20,23H,1,6-7H2,2-3H3,(H,21,22)/t14-,16+/m0/s1. The number of carbonyl (C=O) groups is 2. The van der Waals surface area contributed by atoms with Gasteiger partial charge in [-0.3, -0.25) is 4.79 Å². The van der Waals surface area contributed by atoms with Crippen LogP contribution in [0.4, 0.5) is 10.5 Å². The van der Waals surface area contributed by atoms with Crippen LogP contribution in [0, 0.1) is 0 Å². The molecule has 1 fully saturated rings. The van der Waals surface area contributed by atoms with Crippen molar-refractivity contribution >= 4 is 17.7 Å². The number of amides is 2. The van der Waals surface area contributed by atoms with E-state index in [1.165, 1.54) is 26.4 Å². The molecule has 0 unspecified atom stereocenters. The lowest BCUT2D eigenvalue weighted by atomic mass is 10.1. The quantitative estimate of drug-likeness (QED) is 0.669. The fourth-order valence-electron chi connectivity index (χ4n) is 3.29. The Balaban J connectivity index is 2.29. The van der Waals surface area contributed by atoms with Crippen LogP contribution in [0.2, 0.25) is 0 Å². The van der Waals surface area contributed by atoms with E-state index in [1.807, 2.05) is 0 Å². The first-order valence-electron chi connectivity index (χ1n) is 7.41. The van der Waals surface area contributed by atoms with Crippen molar-refractivity contribution in [1.82, 2.24) is 4.90 Å². The summed E-state index contributed by atoms with van der Waals surface area (Å²) in [6.45, 7) is 3.74. The van der Waals surface area contributed by atoms with Gasteiger partial charge in [0.2, 0.25) is 0 Å². The van der Waals surface area contributed by atoms with Gasteiger partial charge >= 0.3 is 6.09 Å². The molecule has 0 aromatic heterocycles. The molecule has 2 aliphatic rings. The van der Waals surface area contributed by atoms with Gasteiger partial charge in [0, 0.05) is 19.0 Å². The molecule has 2 amide bonds. The third-order valence-electron chi connectivity index (χ3n) is 4.46. The monoisotopic (exact) mass is 350 g/mol. The van der Waals surface area contributed by atoms with Gasteiger partial charge in [0.1, 0.15) is 0 Å². The summed E-state index contributed by atoms with van der Waals surface area (Å²) in [4.78, 5) is 26.3. The van der Waals surface area contributed by atoms with Crippen LogP contribution < -0.4 is 14.4 Å². The number of hydrogen-bond donors (Lipinski definition) is 3. The van der Waals surface area contributed by atoms with Crippen LogP contribution in [0.1, 0.15) is 16.8 Å². The zero-order valence-electron chi connectivity index (χ0n) is 13.7. The fourth-order valence-corrected chi connectivity index (χ4v) is 3.29. The highest BCUT2D eigenvalue weighted by atomic mass is 16.5. The largest absolute Gasteiger partial charge is 0.493 e. The summed E-state index contributed by atoms with van der Waals surface area (Å²) in [5, 5.41) is 31.1. The van der Waals surface area contributed by atoms with Crippen molar-refractivity contribution in [3.8, 4) is 11.5 Å². The van der Waals surface area contributed by atoms with Crippen LogP contribution >= 0.6 is 0 Å². The van der Waals surface area contributed by atoms with Crippen molar-refractivity contribution in [2.75, 3.05) is 25.7 Å². The molecule has 1 aromatic carbocycles. The molecule has 0 radical (unpaired) electrons. The van der Waals surface area contributed by atoms with Gasteiger partial charge in [0.25, 0.3) is 5.91 Å². The Morgan fingerprint density at radius 1 is 1.32 bits per heavy atom. The van der Waals surface area contributed by atoms with Crippen LogP contribution in [-0.2, 0) is 0 Å². The second-order valence-corrected chi connectivity index (χ2v) is 5.95. The molecular weight excluding hydrogens is 332 g/mol. The number of carboxylic acid groups (broad SMARTS) is 1. The van der Waals surface area contributed by atoms with Crippen LogP contribution in [0.25, 0.3) is 0 Å². The molecule has 2 heterocycles. The summed E-state index contributed by atoms with van der Waals surface area (Å²) < 4.78 is 10.3. The van der Waals surface area contributed by atoms with E-state index >= 15 is 0 Å². The first-order chi connectivity index (χ1) is 11.7. The second kappa shape index (κ2) is 5.64. The zero-order valence-corrected chi connectivity index (χ0v) is 13.7. The van der Waals surface area contributed by atoms with Gasteiger partial charge < -0.3 is 29.7 Å². The SMILES string of the molecule is C=C1CN2C(=O)c3cc(OC)c(OC)cc3N(C(=O)O)[C@@H](O)[C@]2(O)C1. The van der Waals surface area contributed by atoms with Gasteiger partial charge in [-0.15, -0.1) is 0 Å². The average Bonchev–Trinajstić information content (AvgIpc) is 2.86. The summed E-state index contributed by atoms with van der Waals surface area (Å²) in [7, 11) is 2.74. The number of hydrogen-bond acceptors (Lipinski definition) is 6. The molecule has 0 saturated carbocycles. The second-order valence-electron chi connectivity index (χ2n) is 5.95. The number of aliphatic hydroxyl groups excluding tert-OH is 1. The van der Waals surface area contributed by atoms with Crippen molar-refractivity contribution < 1.29 is 34.4 Å². The number of carbonyl (C=O) groups excluding carboxylic acids is 1. The Kier molecular flexibility index (Phi) is 3.85. The van der Waals surface area contributed by atoms with E-state index in [9.17, 15) is 24.9 Å². The fraction of sp³-hybridized carbons (Fsp3) is 0.375. The molecule has 9 heteroatoms. The highest BCUT2D eigenvalue weighted by molar-refractivity contribution is 6.06. The Hall–Kier alpha value is -2.78. The maximum Gasteiger partial charge on any atom is 0.414 e. The summed E-state index contributed by atoms with van der Waals surface area (Å²) in [6.07, 6.45) is -3.56. The summed E-state index contributed by atoms with van der Waals surface area (Å²) >= 11 is 0. The molecule has 0 spiro atoms. The van der Waals surface area contributed by atoms with E-state index in [-0.39, 0.29) is 35.7 Å². The molecule has 3 N–H and O–H groups in total. The molecule has 0 bridgehead atoms. The first kappa shape index (κ1) is 17.1. The summed E-state index contributed by atoms with van der Waals surface area (Å²) in [5.74, 6) is -0.233. The Bertz CT molecular complexity index is 778. The van der Waals surface area contributed by atoms with Crippen molar-refractivity contribution in [3.05, 3.63) is 29.8 Å². The van der Waals surface area contributed by atoms with Crippen molar-refractivity contribution in [3.63, 3.8) is 0 Å². The predicted molar refractivity (Wildman–Crippen MR) is 85.8 cm³/mol. The number of benzene rings is 1. The number of fused-ring (bicyclic) bond motifs is 2. The summed E-state index contributed by atoms with van der Waals surface area (Å²) in [5.41, 5.74) is -1.74. The molecular formula is C16H18N2O7. The lowest BCUT2D eigenvalue weighted by molar-refractivity contribution is -0.138. The van der Waals surface area contributed by atoms with E-state index in [0.29, 0.717) is 10.5 Å². The Morgan fingerprint density at radius 2 is 1.92 bits per heavy atom. The van der Waals surface area contributed by atoms with Gasteiger partial charge in [-0.1, -0.05) is 12.2 Å². The average molecular weight is 350 g/mol. The zero-order chi connectivity index (χ0) is 18.5. The predicted octanol–water partition coefficient (Wildman–Crippen LogP) is 0.611. The molecule has 1 aromatic rings. The molecule has 0 aliphatic carbocycles. The lowest BCUT2D eigenvalue weighted by Gasteiger charge is -2.37. The van der Waals surface area contributed by atoms with Crippen molar-refractivity contribution in [1.29, 1.82) is 0 Å². The number of anilines is 1. The van der Waals surface area contributed by atoms with Crippen LogP contribution in [-0.4, -0.2) is 64.9 Å². The number of aliphatic hydroxyl groups is 2. The normalized spacial score (nSPS) is 25.4. The van der Waals surface area contributed by atoms with Gasteiger partial charge in [-0.05, 0) is 6.07 Å². The first-order valence-corrected chi connectivity index (χ1v) is 7.41. The molecule has 3 rings (SSSR count). The maximum atomic E-state index is 12.9. The van der Waals surface area contributed by atoms with Gasteiger partial charge in [-0.2, -0.15) is 0 Å². The smallest absolute Gasteiger partial charge is 0.414 e. The van der Waals surface area contributed by atoms with Crippen molar-refractivity contribution in [2.24, 2.45) is 0 Å². The maximum absolute atomic E-state index is 12.9. The van der Waals surface area contributed by atoms with E-state index in [0.717, 1.165) is 4.90 Å². The van der Waals surface area contributed by atoms with Crippen LogP contribution in [0.15, 0.2) is 24.3 Å². The van der Waals surface area contributed by atoms with E-state index in [2.05, 4.69) is 6.58 Å². The van der Waals surface area contributed by atoms with E-state index in [4.69, 9.17) is 9.47 Å². The molecule has 2 aliphatic heterocycles. The minimum absolute atomic E-state index is 0.00758. The van der Waals surface area contributed by atoms with Crippen LogP contribution in [0.5, 0.6) is 11.5 Å². The minimum Gasteiger partial charge on any atom is -0.493 e. The van der Waals surface area contributed by atoms with Gasteiger partial charge in [0.15, 0.2) is 23.5 Å². The summed E-state index contributed by atoms with van der Waals surface area (Å²) in [6, 6.07) is 2.61. The number of rotatable bonds is 2. The van der Waals surface area contributed by atoms with Gasteiger partial charge in [0.05, 0.1) is 25.5 Å². The Labute approximate surface area is 143 Å². The number of nitrogens with zero attached hydrogens (tertiary/aromatic N) is 2. The Morgan fingerprint density at radius 3 is 2.48 bits per heavy atom. The molecule has 134 valence electrons.